The third kappa shape index (κ3) is 3.50. The van der Waals surface area contributed by atoms with E-state index in [1.54, 1.807) is 42.6 Å². The SMILES string of the molecule is Cc1ccc(-n2cc(C(=O)Nc3ccc4c(c3)OCCO4)c3ccccc3c2=O)cc1C. The summed E-state index contributed by atoms with van der Waals surface area (Å²) < 4.78 is 12.7. The Balaban J connectivity index is 1.60. The van der Waals surface area contributed by atoms with Gasteiger partial charge in [-0.1, -0.05) is 24.3 Å². The molecule has 0 unspecified atom stereocenters. The summed E-state index contributed by atoms with van der Waals surface area (Å²) in [4.78, 5) is 26.5. The number of benzene rings is 3. The summed E-state index contributed by atoms with van der Waals surface area (Å²) >= 11 is 0. The number of carbonyl (C=O) groups excluding carboxylic acids is 1. The Morgan fingerprint density at radius 2 is 1.62 bits per heavy atom. The Kier molecular flexibility index (Phi) is 4.90. The summed E-state index contributed by atoms with van der Waals surface area (Å²) in [6, 6.07) is 18.3. The molecule has 0 radical (unpaired) electrons. The average Bonchev–Trinajstić information content (AvgIpc) is 2.81. The van der Waals surface area contributed by atoms with Crippen LogP contribution in [0.15, 0.2) is 71.7 Å². The van der Waals surface area contributed by atoms with Gasteiger partial charge in [0.2, 0.25) is 0 Å². The number of ether oxygens (including phenoxy) is 2. The number of hydrogen-bond donors (Lipinski definition) is 1. The van der Waals surface area contributed by atoms with Crippen LogP contribution in [0.25, 0.3) is 16.5 Å². The van der Waals surface area contributed by atoms with E-state index in [4.69, 9.17) is 9.47 Å². The minimum absolute atomic E-state index is 0.167. The lowest BCUT2D eigenvalue weighted by Gasteiger charge is -2.19. The second-order valence-corrected chi connectivity index (χ2v) is 7.84. The van der Waals surface area contributed by atoms with Crippen LogP contribution in [-0.2, 0) is 0 Å². The lowest BCUT2D eigenvalue weighted by Crippen LogP contribution is -2.23. The fourth-order valence-electron chi connectivity index (χ4n) is 3.86. The van der Waals surface area contributed by atoms with E-state index in [2.05, 4.69) is 5.32 Å². The van der Waals surface area contributed by atoms with Crippen LogP contribution in [0.5, 0.6) is 11.5 Å². The number of rotatable bonds is 3. The summed E-state index contributed by atoms with van der Waals surface area (Å²) in [5.74, 6) is 0.942. The van der Waals surface area contributed by atoms with Crippen LogP contribution in [-0.4, -0.2) is 23.7 Å². The lowest BCUT2D eigenvalue weighted by atomic mass is 10.1. The van der Waals surface area contributed by atoms with Crippen molar-refractivity contribution in [3.05, 3.63) is 93.9 Å². The topological polar surface area (TPSA) is 69.6 Å². The van der Waals surface area contributed by atoms with Crippen molar-refractivity contribution >= 4 is 22.4 Å². The first kappa shape index (κ1) is 19.9. The van der Waals surface area contributed by atoms with Crippen molar-refractivity contribution in [1.82, 2.24) is 4.57 Å². The molecule has 0 bridgehead atoms. The molecule has 6 nitrogen and oxygen atoms in total. The predicted molar refractivity (Wildman–Crippen MR) is 124 cm³/mol. The van der Waals surface area contributed by atoms with Gasteiger partial charge in [-0.2, -0.15) is 0 Å². The highest BCUT2D eigenvalue weighted by molar-refractivity contribution is 6.12. The van der Waals surface area contributed by atoms with Crippen LogP contribution in [0.1, 0.15) is 21.5 Å². The lowest BCUT2D eigenvalue weighted by molar-refractivity contribution is 0.102. The molecule has 0 atom stereocenters. The first-order chi connectivity index (χ1) is 15.5. The minimum Gasteiger partial charge on any atom is -0.486 e. The number of aromatic nitrogens is 1. The van der Waals surface area contributed by atoms with Gasteiger partial charge in [0.15, 0.2) is 11.5 Å². The van der Waals surface area contributed by atoms with Crippen molar-refractivity contribution in [2.24, 2.45) is 0 Å². The van der Waals surface area contributed by atoms with Crippen LogP contribution in [0.2, 0.25) is 0 Å². The fourth-order valence-corrected chi connectivity index (χ4v) is 3.86. The van der Waals surface area contributed by atoms with E-state index in [0.29, 0.717) is 46.7 Å². The molecule has 0 spiro atoms. The molecule has 4 aromatic rings. The maximum Gasteiger partial charge on any atom is 0.262 e. The number of carbonyl (C=O) groups is 1. The molecule has 3 aromatic carbocycles. The molecule has 6 heteroatoms. The molecule has 1 amide bonds. The summed E-state index contributed by atoms with van der Waals surface area (Å²) in [7, 11) is 0. The normalized spacial score (nSPS) is 12.6. The molecule has 1 N–H and O–H groups in total. The number of fused-ring (bicyclic) bond motifs is 2. The molecule has 0 aliphatic carbocycles. The predicted octanol–water partition coefficient (Wildman–Crippen LogP) is 4.63. The summed E-state index contributed by atoms with van der Waals surface area (Å²) in [5.41, 5.74) is 3.77. The van der Waals surface area contributed by atoms with Crippen molar-refractivity contribution in [1.29, 1.82) is 0 Å². The Hall–Kier alpha value is -4.06. The van der Waals surface area contributed by atoms with Crippen LogP contribution in [0.3, 0.4) is 0 Å². The van der Waals surface area contributed by atoms with Gasteiger partial charge in [0.05, 0.1) is 5.56 Å². The molecule has 5 rings (SSSR count). The second-order valence-electron chi connectivity index (χ2n) is 7.84. The zero-order valence-electron chi connectivity index (χ0n) is 17.8. The van der Waals surface area contributed by atoms with Gasteiger partial charge < -0.3 is 14.8 Å². The molecule has 0 saturated heterocycles. The van der Waals surface area contributed by atoms with Gasteiger partial charge in [-0.25, -0.2) is 0 Å². The Morgan fingerprint density at radius 1 is 0.875 bits per heavy atom. The van der Waals surface area contributed by atoms with Crippen molar-refractivity contribution < 1.29 is 14.3 Å². The van der Waals surface area contributed by atoms with Gasteiger partial charge in [-0.3, -0.25) is 14.2 Å². The molecule has 32 heavy (non-hydrogen) atoms. The van der Waals surface area contributed by atoms with E-state index in [9.17, 15) is 9.59 Å². The Bertz CT molecular complexity index is 1420. The zero-order chi connectivity index (χ0) is 22.2. The van der Waals surface area contributed by atoms with Crippen molar-refractivity contribution in [2.75, 3.05) is 18.5 Å². The standard InChI is InChI=1S/C26H22N2O4/c1-16-7-9-19(13-17(16)2)28-15-22(20-5-3-4-6-21(20)26(28)30)25(29)27-18-8-10-23-24(14-18)32-12-11-31-23/h3-10,13-15H,11-12H2,1-2H3,(H,27,29). The van der Waals surface area contributed by atoms with Gasteiger partial charge in [-0.15, -0.1) is 0 Å². The van der Waals surface area contributed by atoms with E-state index in [1.165, 1.54) is 4.57 Å². The van der Waals surface area contributed by atoms with E-state index >= 15 is 0 Å². The third-order valence-electron chi connectivity index (χ3n) is 5.74. The number of pyridine rings is 1. The summed E-state index contributed by atoms with van der Waals surface area (Å²) in [5, 5.41) is 4.02. The van der Waals surface area contributed by atoms with Crippen LogP contribution in [0.4, 0.5) is 5.69 Å². The molecule has 1 aromatic heterocycles. The molecular formula is C26H22N2O4. The van der Waals surface area contributed by atoms with Crippen LogP contribution < -0.4 is 20.3 Å². The Morgan fingerprint density at radius 3 is 2.41 bits per heavy atom. The molecule has 1 aliphatic heterocycles. The molecule has 1 aliphatic rings. The minimum atomic E-state index is -0.310. The van der Waals surface area contributed by atoms with E-state index in [-0.39, 0.29) is 11.5 Å². The van der Waals surface area contributed by atoms with Gasteiger partial charge in [0.1, 0.15) is 13.2 Å². The smallest absolute Gasteiger partial charge is 0.262 e. The molecule has 0 saturated carbocycles. The second kappa shape index (κ2) is 7.89. The first-order valence-corrected chi connectivity index (χ1v) is 10.4. The molecule has 2 heterocycles. The van der Waals surface area contributed by atoms with E-state index in [1.807, 2.05) is 38.1 Å². The first-order valence-electron chi connectivity index (χ1n) is 10.4. The van der Waals surface area contributed by atoms with Gasteiger partial charge >= 0.3 is 0 Å². The number of amides is 1. The van der Waals surface area contributed by atoms with Crippen molar-refractivity contribution in [3.8, 4) is 17.2 Å². The number of hydrogen-bond acceptors (Lipinski definition) is 4. The number of nitrogens with zero attached hydrogens (tertiary/aromatic N) is 1. The highest BCUT2D eigenvalue weighted by atomic mass is 16.6. The molecule has 0 fully saturated rings. The summed E-state index contributed by atoms with van der Waals surface area (Å²) in [6.45, 7) is 5.00. The monoisotopic (exact) mass is 426 g/mol. The van der Waals surface area contributed by atoms with Gasteiger partial charge in [0.25, 0.3) is 11.5 Å². The number of anilines is 1. The maximum absolute atomic E-state index is 13.3. The van der Waals surface area contributed by atoms with Crippen LogP contribution in [0, 0.1) is 13.8 Å². The highest BCUT2D eigenvalue weighted by Crippen LogP contribution is 2.33. The average molecular weight is 426 g/mol. The number of nitrogens with one attached hydrogen (secondary N) is 1. The Labute approximate surface area is 185 Å². The fraction of sp³-hybridized carbons (Fsp3) is 0.154. The highest BCUT2D eigenvalue weighted by Gasteiger charge is 2.18. The van der Waals surface area contributed by atoms with Crippen molar-refractivity contribution in [2.45, 2.75) is 13.8 Å². The third-order valence-corrected chi connectivity index (χ3v) is 5.74. The van der Waals surface area contributed by atoms with E-state index < -0.39 is 0 Å². The van der Waals surface area contributed by atoms with Crippen molar-refractivity contribution in [3.63, 3.8) is 0 Å². The number of aryl methyl sites for hydroxylation is 2. The quantitative estimate of drug-likeness (QED) is 0.519. The van der Waals surface area contributed by atoms with E-state index in [0.717, 1.165) is 16.8 Å². The van der Waals surface area contributed by atoms with Gasteiger partial charge in [-0.05, 0) is 55.3 Å². The summed E-state index contributed by atoms with van der Waals surface area (Å²) in [6.07, 6.45) is 1.61. The molecule has 160 valence electrons. The van der Waals surface area contributed by atoms with Crippen LogP contribution >= 0.6 is 0 Å². The molecular weight excluding hydrogens is 404 g/mol. The maximum atomic E-state index is 13.3. The van der Waals surface area contributed by atoms with Gasteiger partial charge in [0, 0.05) is 34.4 Å². The zero-order valence-corrected chi connectivity index (χ0v) is 17.8. The largest absolute Gasteiger partial charge is 0.486 e.